The zero-order valence-corrected chi connectivity index (χ0v) is 13.1. The lowest BCUT2D eigenvalue weighted by atomic mass is 10.0. The van der Waals surface area contributed by atoms with Crippen molar-refractivity contribution in [2.75, 3.05) is 5.43 Å². The third-order valence-electron chi connectivity index (χ3n) is 2.96. The number of nitrogens with two attached hydrogens (primary N) is 1. The van der Waals surface area contributed by atoms with Gasteiger partial charge in [0.15, 0.2) is 0 Å². The highest BCUT2D eigenvalue weighted by Gasteiger charge is 2.09. The lowest BCUT2D eigenvalue weighted by molar-refractivity contribution is 0.301. The summed E-state index contributed by atoms with van der Waals surface area (Å²) in [4.78, 5) is 4.16. The van der Waals surface area contributed by atoms with E-state index in [0.717, 1.165) is 15.8 Å². The molecular weight excluding hydrogens is 318 g/mol. The summed E-state index contributed by atoms with van der Waals surface area (Å²) < 4.78 is 6.96. The molecule has 0 spiro atoms. The molecule has 0 atom stereocenters. The van der Waals surface area contributed by atoms with E-state index >= 15 is 0 Å². The second-order valence-corrected chi connectivity index (χ2v) is 5.74. The minimum Gasteiger partial charge on any atom is -0.489 e. The van der Waals surface area contributed by atoms with Crippen molar-refractivity contribution in [3.63, 3.8) is 0 Å². The Bertz CT molecular complexity index is 570. The first-order chi connectivity index (χ1) is 9.60. The fourth-order valence-corrected chi connectivity index (χ4v) is 2.24. The predicted molar refractivity (Wildman–Crippen MR) is 84.6 cm³/mol. The zero-order valence-electron chi connectivity index (χ0n) is 11.6. The number of pyridine rings is 1. The van der Waals surface area contributed by atoms with Crippen LogP contribution in [0.2, 0.25) is 0 Å². The van der Waals surface area contributed by atoms with Crippen LogP contribution in [0.1, 0.15) is 30.9 Å². The van der Waals surface area contributed by atoms with E-state index < -0.39 is 0 Å². The molecule has 0 radical (unpaired) electrons. The Balaban J connectivity index is 2.10. The van der Waals surface area contributed by atoms with Gasteiger partial charge in [0, 0.05) is 16.2 Å². The first kappa shape index (κ1) is 14.8. The molecule has 20 heavy (non-hydrogen) atoms. The van der Waals surface area contributed by atoms with Crippen molar-refractivity contribution < 1.29 is 4.74 Å². The Morgan fingerprint density at radius 1 is 1.30 bits per heavy atom. The average molecular weight is 336 g/mol. The Kier molecular flexibility index (Phi) is 4.98. The lowest BCUT2D eigenvalue weighted by Gasteiger charge is -2.14. The van der Waals surface area contributed by atoms with Crippen LogP contribution in [0, 0.1) is 0 Å². The van der Waals surface area contributed by atoms with Crippen molar-refractivity contribution in [1.82, 2.24) is 4.98 Å². The Hall–Kier alpha value is -1.59. The molecule has 3 N–H and O–H groups in total. The quantitative estimate of drug-likeness (QED) is 0.643. The molecule has 0 bridgehead atoms. The number of nitrogens with zero attached hydrogens (tertiary/aromatic N) is 1. The van der Waals surface area contributed by atoms with Crippen LogP contribution in [0.4, 0.5) is 5.82 Å². The monoisotopic (exact) mass is 335 g/mol. The lowest BCUT2D eigenvalue weighted by Crippen LogP contribution is -2.08. The van der Waals surface area contributed by atoms with Gasteiger partial charge in [-0.05, 0) is 35.7 Å². The molecule has 0 unspecified atom stereocenters. The Labute approximate surface area is 127 Å². The normalized spacial score (nSPS) is 10.7. The third-order valence-corrected chi connectivity index (χ3v) is 3.45. The van der Waals surface area contributed by atoms with E-state index in [4.69, 9.17) is 10.6 Å². The first-order valence-electron chi connectivity index (χ1n) is 6.44. The molecule has 106 valence electrons. The molecule has 5 heteroatoms. The van der Waals surface area contributed by atoms with Crippen molar-refractivity contribution in [3.8, 4) is 5.75 Å². The molecule has 2 rings (SSSR count). The van der Waals surface area contributed by atoms with Gasteiger partial charge in [-0.2, -0.15) is 0 Å². The van der Waals surface area contributed by atoms with Crippen molar-refractivity contribution in [2.45, 2.75) is 26.4 Å². The molecule has 0 aliphatic heterocycles. The van der Waals surface area contributed by atoms with Crippen LogP contribution in [0.25, 0.3) is 0 Å². The van der Waals surface area contributed by atoms with Gasteiger partial charge < -0.3 is 10.2 Å². The molecule has 0 saturated carbocycles. The van der Waals surface area contributed by atoms with E-state index in [-0.39, 0.29) is 0 Å². The number of hydrazine groups is 1. The maximum Gasteiger partial charge on any atom is 0.139 e. The largest absolute Gasteiger partial charge is 0.489 e. The smallest absolute Gasteiger partial charge is 0.139 e. The van der Waals surface area contributed by atoms with Gasteiger partial charge in [0.25, 0.3) is 0 Å². The number of benzene rings is 1. The van der Waals surface area contributed by atoms with Crippen molar-refractivity contribution in [3.05, 3.63) is 52.1 Å². The first-order valence-corrected chi connectivity index (χ1v) is 7.23. The predicted octanol–water partition coefficient (Wildman–Crippen LogP) is 3.83. The minimum absolute atomic E-state index is 0.407. The Morgan fingerprint density at radius 3 is 2.70 bits per heavy atom. The van der Waals surface area contributed by atoms with Gasteiger partial charge >= 0.3 is 0 Å². The summed E-state index contributed by atoms with van der Waals surface area (Å²) in [6.45, 7) is 4.79. The average Bonchev–Trinajstić information content (AvgIpc) is 2.46. The maximum atomic E-state index is 5.90. The van der Waals surface area contributed by atoms with Crippen molar-refractivity contribution in [2.24, 2.45) is 5.84 Å². The van der Waals surface area contributed by atoms with Crippen LogP contribution in [0.5, 0.6) is 5.75 Å². The standard InChI is InChI=1S/C15H18BrN3O/c1-10(2)13-7-12(16)4-5-14(13)20-9-11-3-6-15(19-17)18-8-11/h3-8,10H,9,17H2,1-2H3,(H,18,19). The number of hydrogen-bond acceptors (Lipinski definition) is 4. The molecule has 0 saturated heterocycles. The highest BCUT2D eigenvalue weighted by Crippen LogP contribution is 2.30. The Morgan fingerprint density at radius 2 is 2.10 bits per heavy atom. The van der Waals surface area contributed by atoms with Gasteiger partial charge in [-0.1, -0.05) is 35.8 Å². The van der Waals surface area contributed by atoms with Crippen LogP contribution < -0.4 is 16.0 Å². The maximum absolute atomic E-state index is 5.90. The van der Waals surface area contributed by atoms with E-state index in [1.54, 1.807) is 6.20 Å². The van der Waals surface area contributed by atoms with Gasteiger partial charge in [-0.25, -0.2) is 10.8 Å². The molecule has 1 heterocycles. The second-order valence-electron chi connectivity index (χ2n) is 4.82. The summed E-state index contributed by atoms with van der Waals surface area (Å²) in [6, 6.07) is 9.84. The number of nitrogen functional groups attached to an aromatic ring is 1. The molecule has 0 amide bonds. The van der Waals surface area contributed by atoms with Gasteiger partial charge in [-0.3, -0.25) is 0 Å². The van der Waals surface area contributed by atoms with Gasteiger partial charge in [-0.15, -0.1) is 0 Å². The van der Waals surface area contributed by atoms with Crippen LogP contribution >= 0.6 is 15.9 Å². The van der Waals surface area contributed by atoms with Crippen LogP contribution in [0.3, 0.4) is 0 Å². The van der Waals surface area contributed by atoms with E-state index in [9.17, 15) is 0 Å². The zero-order chi connectivity index (χ0) is 14.5. The highest BCUT2D eigenvalue weighted by atomic mass is 79.9. The van der Waals surface area contributed by atoms with Gasteiger partial charge in [0.2, 0.25) is 0 Å². The molecule has 0 fully saturated rings. The summed E-state index contributed by atoms with van der Waals surface area (Å²) in [5, 5.41) is 0. The summed E-state index contributed by atoms with van der Waals surface area (Å²) in [6.07, 6.45) is 1.75. The second kappa shape index (κ2) is 6.72. The van der Waals surface area contributed by atoms with Crippen LogP contribution in [-0.4, -0.2) is 4.98 Å². The summed E-state index contributed by atoms with van der Waals surface area (Å²) in [5.74, 6) is 7.24. The van der Waals surface area contributed by atoms with Crippen LogP contribution in [0.15, 0.2) is 41.0 Å². The number of aromatic nitrogens is 1. The topological polar surface area (TPSA) is 60.2 Å². The van der Waals surface area contributed by atoms with Crippen molar-refractivity contribution >= 4 is 21.7 Å². The summed E-state index contributed by atoms with van der Waals surface area (Å²) >= 11 is 3.49. The van der Waals surface area contributed by atoms with E-state index in [0.29, 0.717) is 18.3 Å². The molecular formula is C15H18BrN3O. The minimum atomic E-state index is 0.407. The van der Waals surface area contributed by atoms with E-state index in [1.807, 2.05) is 24.3 Å². The number of anilines is 1. The van der Waals surface area contributed by atoms with Crippen molar-refractivity contribution in [1.29, 1.82) is 0 Å². The van der Waals surface area contributed by atoms with E-state index in [1.165, 1.54) is 5.56 Å². The highest BCUT2D eigenvalue weighted by molar-refractivity contribution is 9.10. The number of rotatable bonds is 5. The molecule has 0 aliphatic carbocycles. The number of hydrogen-bond donors (Lipinski definition) is 2. The SMILES string of the molecule is CC(C)c1cc(Br)ccc1OCc1ccc(NN)nc1. The number of ether oxygens (including phenoxy) is 1. The fourth-order valence-electron chi connectivity index (χ4n) is 1.86. The fraction of sp³-hybridized carbons (Fsp3) is 0.267. The number of halogens is 1. The number of nitrogens with one attached hydrogen (secondary N) is 1. The van der Waals surface area contributed by atoms with E-state index in [2.05, 4.69) is 46.3 Å². The molecule has 1 aromatic carbocycles. The summed E-state index contributed by atoms with van der Waals surface area (Å²) in [5.41, 5.74) is 4.69. The molecule has 2 aromatic rings. The molecule has 0 aliphatic rings. The van der Waals surface area contributed by atoms with Crippen LogP contribution in [-0.2, 0) is 6.61 Å². The molecule has 4 nitrogen and oxygen atoms in total. The van der Waals surface area contributed by atoms with Gasteiger partial charge in [0.1, 0.15) is 18.2 Å². The third kappa shape index (κ3) is 3.71. The molecule has 1 aromatic heterocycles. The summed E-state index contributed by atoms with van der Waals surface area (Å²) in [7, 11) is 0. The van der Waals surface area contributed by atoms with Gasteiger partial charge in [0.05, 0.1) is 0 Å².